The number of rotatable bonds is 8. The van der Waals surface area contributed by atoms with Crippen molar-refractivity contribution in [1.82, 2.24) is 4.90 Å². The minimum atomic E-state index is 0.0365. The van der Waals surface area contributed by atoms with E-state index in [0.717, 1.165) is 18.0 Å². The van der Waals surface area contributed by atoms with Gasteiger partial charge in [0.05, 0.1) is 6.54 Å². The van der Waals surface area contributed by atoms with E-state index < -0.39 is 0 Å². The van der Waals surface area contributed by atoms with Crippen LogP contribution in [0, 0.1) is 0 Å². The first-order valence-corrected chi connectivity index (χ1v) is 7.19. The lowest BCUT2D eigenvalue weighted by Gasteiger charge is -2.19. The van der Waals surface area contributed by atoms with Crippen molar-refractivity contribution in [3.63, 3.8) is 0 Å². The van der Waals surface area contributed by atoms with Crippen LogP contribution in [0.4, 0.5) is 5.69 Å². The molecule has 0 atom stereocenters. The van der Waals surface area contributed by atoms with E-state index in [4.69, 9.17) is 10.5 Å². The predicted molar refractivity (Wildman–Crippen MR) is 79.9 cm³/mol. The van der Waals surface area contributed by atoms with E-state index in [1.165, 1.54) is 12.8 Å². The maximum Gasteiger partial charge on any atom is 0.238 e. The molecule has 20 heavy (non-hydrogen) atoms. The maximum absolute atomic E-state index is 12.0. The SMILES string of the molecule is CCN(CC(=O)Nc1ccc(OCCN)cc1)C1CC1. The smallest absolute Gasteiger partial charge is 0.238 e. The number of carbonyl (C=O) groups is 1. The average Bonchev–Trinajstić information content (AvgIpc) is 3.28. The molecule has 1 saturated carbocycles. The van der Waals surface area contributed by atoms with Crippen LogP contribution in [0.5, 0.6) is 5.75 Å². The van der Waals surface area contributed by atoms with Gasteiger partial charge in [-0.1, -0.05) is 6.92 Å². The van der Waals surface area contributed by atoms with Gasteiger partial charge in [-0.2, -0.15) is 0 Å². The number of nitrogens with zero attached hydrogens (tertiary/aromatic N) is 1. The van der Waals surface area contributed by atoms with Crippen molar-refractivity contribution in [2.24, 2.45) is 5.73 Å². The molecule has 0 aliphatic heterocycles. The second-order valence-electron chi connectivity index (χ2n) is 5.00. The molecule has 110 valence electrons. The number of ether oxygens (including phenoxy) is 1. The lowest BCUT2D eigenvalue weighted by Crippen LogP contribution is -2.34. The molecule has 0 unspecified atom stereocenters. The van der Waals surface area contributed by atoms with Gasteiger partial charge in [-0.25, -0.2) is 0 Å². The molecule has 0 spiro atoms. The van der Waals surface area contributed by atoms with Gasteiger partial charge in [-0.3, -0.25) is 9.69 Å². The Hall–Kier alpha value is -1.59. The van der Waals surface area contributed by atoms with Crippen LogP contribution in [0.25, 0.3) is 0 Å². The van der Waals surface area contributed by atoms with Crippen molar-refractivity contribution in [3.05, 3.63) is 24.3 Å². The largest absolute Gasteiger partial charge is 0.492 e. The summed E-state index contributed by atoms with van der Waals surface area (Å²) in [4.78, 5) is 14.2. The molecule has 1 aliphatic carbocycles. The first-order chi connectivity index (χ1) is 9.72. The van der Waals surface area contributed by atoms with Crippen LogP contribution in [0.2, 0.25) is 0 Å². The first-order valence-electron chi connectivity index (χ1n) is 7.19. The van der Waals surface area contributed by atoms with Crippen LogP contribution in [0.15, 0.2) is 24.3 Å². The standard InChI is InChI=1S/C15H23N3O2/c1-2-18(13-5-6-13)11-15(19)17-12-3-7-14(8-4-12)20-10-9-16/h3-4,7-8,13H,2,5-6,9-11,16H2,1H3,(H,17,19). The van der Waals surface area contributed by atoms with E-state index in [9.17, 15) is 4.79 Å². The number of benzene rings is 1. The van der Waals surface area contributed by atoms with Crippen LogP contribution in [0.1, 0.15) is 19.8 Å². The molecule has 0 saturated heterocycles. The van der Waals surface area contributed by atoms with Gasteiger partial charge in [0.25, 0.3) is 0 Å². The molecule has 1 aliphatic rings. The summed E-state index contributed by atoms with van der Waals surface area (Å²) in [5.74, 6) is 0.802. The van der Waals surface area contributed by atoms with Crippen LogP contribution >= 0.6 is 0 Å². The quantitative estimate of drug-likeness (QED) is 0.754. The Morgan fingerprint density at radius 3 is 2.65 bits per heavy atom. The van der Waals surface area contributed by atoms with E-state index in [2.05, 4.69) is 17.1 Å². The zero-order valence-corrected chi connectivity index (χ0v) is 12.0. The minimum absolute atomic E-state index is 0.0365. The normalized spacial score (nSPS) is 14.3. The topological polar surface area (TPSA) is 67.6 Å². The fraction of sp³-hybridized carbons (Fsp3) is 0.533. The number of hydrogen-bond donors (Lipinski definition) is 2. The molecule has 1 amide bonds. The highest BCUT2D eigenvalue weighted by molar-refractivity contribution is 5.92. The van der Waals surface area contributed by atoms with Gasteiger partial charge in [0, 0.05) is 18.3 Å². The Morgan fingerprint density at radius 2 is 2.10 bits per heavy atom. The van der Waals surface area contributed by atoms with E-state index >= 15 is 0 Å². The summed E-state index contributed by atoms with van der Waals surface area (Å²) in [5, 5.41) is 2.91. The lowest BCUT2D eigenvalue weighted by molar-refractivity contribution is -0.117. The van der Waals surface area contributed by atoms with E-state index in [1.807, 2.05) is 24.3 Å². The molecule has 1 aromatic rings. The Bertz CT molecular complexity index is 429. The number of nitrogens with one attached hydrogen (secondary N) is 1. The minimum Gasteiger partial charge on any atom is -0.492 e. The van der Waals surface area contributed by atoms with Gasteiger partial charge in [-0.05, 0) is 43.7 Å². The monoisotopic (exact) mass is 277 g/mol. The molecule has 3 N–H and O–H groups in total. The second kappa shape index (κ2) is 7.26. The van der Waals surface area contributed by atoms with Gasteiger partial charge in [0.2, 0.25) is 5.91 Å². The molecule has 1 fully saturated rings. The lowest BCUT2D eigenvalue weighted by atomic mass is 10.3. The highest BCUT2D eigenvalue weighted by Gasteiger charge is 2.28. The summed E-state index contributed by atoms with van der Waals surface area (Å²) >= 11 is 0. The van der Waals surface area contributed by atoms with Crippen molar-refractivity contribution >= 4 is 11.6 Å². The van der Waals surface area contributed by atoms with Crippen LogP contribution in [-0.2, 0) is 4.79 Å². The Kier molecular flexibility index (Phi) is 5.38. The van der Waals surface area contributed by atoms with Crippen LogP contribution in [-0.4, -0.2) is 43.1 Å². The van der Waals surface area contributed by atoms with Gasteiger partial charge in [-0.15, -0.1) is 0 Å². The van der Waals surface area contributed by atoms with Crippen molar-refractivity contribution in [2.45, 2.75) is 25.8 Å². The Labute approximate surface area is 120 Å². The third kappa shape index (κ3) is 4.51. The summed E-state index contributed by atoms with van der Waals surface area (Å²) in [6, 6.07) is 7.97. The summed E-state index contributed by atoms with van der Waals surface area (Å²) in [5.41, 5.74) is 6.17. The fourth-order valence-corrected chi connectivity index (χ4v) is 2.14. The molecule has 0 radical (unpaired) electrons. The van der Waals surface area contributed by atoms with Gasteiger partial charge < -0.3 is 15.8 Å². The maximum atomic E-state index is 12.0. The summed E-state index contributed by atoms with van der Waals surface area (Å²) < 4.78 is 5.39. The molecule has 5 heteroatoms. The van der Waals surface area contributed by atoms with Crippen molar-refractivity contribution in [2.75, 3.05) is 31.6 Å². The molecule has 0 heterocycles. The molecular weight excluding hydrogens is 254 g/mol. The number of hydrogen-bond acceptors (Lipinski definition) is 4. The zero-order valence-electron chi connectivity index (χ0n) is 12.0. The molecule has 2 rings (SSSR count). The van der Waals surface area contributed by atoms with Gasteiger partial charge in [0.1, 0.15) is 12.4 Å². The number of carbonyl (C=O) groups excluding carboxylic acids is 1. The Morgan fingerprint density at radius 1 is 1.40 bits per heavy atom. The number of nitrogens with two attached hydrogens (primary N) is 1. The molecular formula is C15H23N3O2. The predicted octanol–water partition coefficient (Wildman–Crippen LogP) is 1.45. The van der Waals surface area contributed by atoms with E-state index in [-0.39, 0.29) is 5.91 Å². The second-order valence-corrected chi connectivity index (χ2v) is 5.00. The summed E-state index contributed by atoms with van der Waals surface area (Å²) in [6.45, 7) is 4.47. The summed E-state index contributed by atoms with van der Waals surface area (Å²) in [7, 11) is 0. The van der Waals surface area contributed by atoms with Crippen LogP contribution in [0.3, 0.4) is 0 Å². The number of anilines is 1. The first kappa shape index (κ1) is 14.8. The van der Waals surface area contributed by atoms with E-state index in [0.29, 0.717) is 25.7 Å². The number of likely N-dealkylation sites (N-methyl/N-ethyl adjacent to an activating group) is 1. The van der Waals surface area contributed by atoms with Crippen molar-refractivity contribution in [1.29, 1.82) is 0 Å². The van der Waals surface area contributed by atoms with Crippen molar-refractivity contribution < 1.29 is 9.53 Å². The Balaban J connectivity index is 1.81. The third-order valence-corrected chi connectivity index (χ3v) is 3.34. The average molecular weight is 277 g/mol. The molecule has 5 nitrogen and oxygen atoms in total. The van der Waals surface area contributed by atoms with Crippen molar-refractivity contribution in [3.8, 4) is 5.75 Å². The van der Waals surface area contributed by atoms with Gasteiger partial charge >= 0.3 is 0 Å². The molecule has 1 aromatic carbocycles. The highest BCUT2D eigenvalue weighted by Crippen LogP contribution is 2.26. The number of amides is 1. The highest BCUT2D eigenvalue weighted by atomic mass is 16.5. The van der Waals surface area contributed by atoms with E-state index in [1.54, 1.807) is 0 Å². The molecule has 0 bridgehead atoms. The summed E-state index contributed by atoms with van der Waals surface area (Å²) in [6.07, 6.45) is 2.43. The fourth-order valence-electron chi connectivity index (χ4n) is 2.14. The third-order valence-electron chi connectivity index (χ3n) is 3.34. The zero-order chi connectivity index (χ0) is 14.4. The molecule has 0 aromatic heterocycles. The van der Waals surface area contributed by atoms with Crippen LogP contribution < -0.4 is 15.8 Å². The van der Waals surface area contributed by atoms with Gasteiger partial charge in [0.15, 0.2) is 0 Å².